The van der Waals surface area contributed by atoms with Gasteiger partial charge in [-0.05, 0) is 61.4 Å². The Hall–Kier alpha value is -2.08. The first-order valence-corrected chi connectivity index (χ1v) is 9.13. The number of ether oxygens (including phenoxy) is 1. The largest absolute Gasteiger partial charge is 0.494 e. The fourth-order valence-electron chi connectivity index (χ4n) is 2.31. The molecule has 0 aliphatic rings. The molecule has 134 valence electrons. The van der Waals surface area contributed by atoms with Gasteiger partial charge >= 0.3 is 0 Å². The summed E-state index contributed by atoms with van der Waals surface area (Å²) in [6.07, 6.45) is 0.791. The van der Waals surface area contributed by atoms with Crippen molar-refractivity contribution >= 4 is 23.4 Å². The minimum atomic E-state index is -0.651. The number of amides is 1. The molecule has 0 radical (unpaired) electrons. The molecule has 0 fully saturated rings. The van der Waals surface area contributed by atoms with Crippen LogP contribution in [-0.2, 0) is 4.79 Å². The van der Waals surface area contributed by atoms with Gasteiger partial charge in [-0.25, -0.2) is 8.78 Å². The Morgan fingerprint density at radius 2 is 1.84 bits per heavy atom. The van der Waals surface area contributed by atoms with E-state index < -0.39 is 11.6 Å². The summed E-state index contributed by atoms with van der Waals surface area (Å²) in [4.78, 5) is 11.8. The first-order chi connectivity index (χ1) is 11.9. The first-order valence-electron chi connectivity index (χ1n) is 7.98. The maximum absolute atomic E-state index is 13.4. The smallest absolute Gasteiger partial charge is 0.234 e. The molecule has 2 aromatic carbocycles. The van der Waals surface area contributed by atoms with Crippen LogP contribution in [0.25, 0.3) is 0 Å². The zero-order chi connectivity index (χ0) is 18.2. The number of hydrogen-bond donors (Lipinski definition) is 1. The Bertz CT molecular complexity index is 717. The molecule has 6 heteroatoms. The summed E-state index contributed by atoms with van der Waals surface area (Å²) in [5.41, 5.74) is 2.18. The molecule has 0 atom stereocenters. The van der Waals surface area contributed by atoms with Gasteiger partial charge in [0.2, 0.25) is 5.91 Å². The van der Waals surface area contributed by atoms with Crippen LogP contribution < -0.4 is 10.1 Å². The van der Waals surface area contributed by atoms with Crippen molar-refractivity contribution in [1.29, 1.82) is 0 Å². The van der Waals surface area contributed by atoms with Gasteiger partial charge in [0, 0.05) is 6.07 Å². The van der Waals surface area contributed by atoms with Crippen LogP contribution in [0.4, 0.5) is 14.5 Å². The van der Waals surface area contributed by atoms with E-state index in [0.29, 0.717) is 6.61 Å². The standard InChI is InChI=1S/C19H21F2NO2S/c1-13-8-14(2)10-16(9-13)24-6-3-7-25-12-19(23)22-18-11-15(20)4-5-17(18)21/h4-5,8-11H,3,6-7,12H2,1-2H3,(H,22,23). The molecular weight excluding hydrogens is 344 g/mol. The van der Waals surface area contributed by atoms with Gasteiger partial charge in [-0.2, -0.15) is 11.8 Å². The molecule has 0 saturated carbocycles. The Balaban J connectivity index is 1.64. The Morgan fingerprint density at radius 3 is 2.56 bits per heavy atom. The fraction of sp³-hybridized carbons (Fsp3) is 0.316. The predicted molar refractivity (Wildman–Crippen MR) is 98.3 cm³/mol. The maximum Gasteiger partial charge on any atom is 0.234 e. The number of aryl methyl sites for hydroxylation is 2. The molecule has 1 amide bonds. The zero-order valence-corrected chi connectivity index (χ0v) is 15.1. The minimum Gasteiger partial charge on any atom is -0.494 e. The van der Waals surface area contributed by atoms with Gasteiger partial charge in [-0.1, -0.05) is 6.07 Å². The number of carbonyl (C=O) groups excluding carboxylic acids is 1. The third kappa shape index (κ3) is 6.74. The molecular formula is C19H21F2NO2S. The lowest BCUT2D eigenvalue weighted by Crippen LogP contribution is -2.15. The highest BCUT2D eigenvalue weighted by molar-refractivity contribution is 7.99. The van der Waals surface area contributed by atoms with Gasteiger partial charge in [-0.3, -0.25) is 4.79 Å². The lowest BCUT2D eigenvalue weighted by Gasteiger charge is -2.09. The van der Waals surface area contributed by atoms with Crippen LogP contribution in [0.15, 0.2) is 36.4 Å². The maximum atomic E-state index is 13.4. The van der Waals surface area contributed by atoms with Crippen molar-refractivity contribution in [3.8, 4) is 5.75 Å². The molecule has 0 aromatic heterocycles. The number of nitrogens with one attached hydrogen (secondary N) is 1. The Kier molecular flexibility index (Phi) is 7.25. The number of rotatable bonds is 8. The highest BCUT2D eigenvalue weighted by atomic mass is 32.2. The zero-order valence-electron chi connectivity index (χ0n) is 14.3. The number of hydrogen-bond acceptors (Lipinski definition) is 3. The van der Waals surface area contributed by atoms with Crippen molar-refractivity contribution in [1.82, 2.24) is 0 Å². The van der Waals surface area contributed by atoms with Gasteiger partial charge in [-0.15, -0.1) is 0 Å². The van der Waals surface area contributed by atoms with E-state index in [1.54, 1.807) is 0 Å². The number of benzene rings is 2. The number of carbonyl (C=O) groups is 1. The lowest BCUT2D eigenvalue weighted by atomic mass is 10.1. The van der Waals surface area contributed by atoms with Gasteiger partial charge < -0.3 is 10.1 Å². The van der Waals surface area contributed by atoms with Crippen LogP contribution in [0.2, 0.25) is 0 Å². The molecule has 25 heavy (non-hydrogen) atoms. The highest BCUT2D eigenvalue weighted by Crippen LogP contribution is 2.17. The van der Waals surface area contributed by atoms with E-state index >= 15 is 0 Å². The molecule has 2 rings (SSSR count). The number of anilines is 1. The van der Waals surface area contributed by atoms with Crippen LogP contribution >= 0.6 is 11.8 Å². The van der Waals surface area contributed by atoms with E-state index in [1.165, 1.54) is 11.8 Å². The molecule has 1 N–H and O–H groups in total. The molecule has 0 aliphatic carbocycles. The normalized spacial score (nSPS) is 10.6. The van der Waals surface area contributed by atoms with Crippen molar-refractivity contribution in [3.05, 3.63) is 59.2 Å². The molecule has 0 spiro atoms. The fourth-order valence-corrected chi connectivity index (χ4v) is 3.04. The van der Waals surface area contributed by atoms with E-state index in [-0.39, 0.29) is 17.3 Å². The lowest BCUT2D eigenvalue weighted by molar-refractivity contribution is -0.113. The van der Waals surface area contributed by atoms with E-state index in [2.05, 4.69) is 11.4 Å². The van der Waals surface area contributed by atoms with Crippen LogP contribution in [-0.4, -0.2) is 24.0 Å². The number of thioether (sulfide) groups is 1. The average molecular weight is 365 g/mol. The van der Waals surface area contributed by atoms with Crippen molar-refractivity contribution in [2.24, 2.45) is 0 Å². The quantitative estimate of drug-likeness (QED) is 0.688. The molecule has 3 nitrogen and oxygen atoms in total. The molecule has 0 bridgehead atoms. The van der Waals surface area contributed by atoms with Crippen molar-refractivity contribution in [2.75, 3.05) is 23.4 Å². The first kappa shape index (κ1) is 19.2. The van der Waals surface area contributed by atoms with E-state index in [9.17, 15) is 13.6 Å². The van der Waals surface area contributed by atoms with Crippen molar-refractivity contribution in [2.45, 2.75) is 20.3 Å². The third-order valence-electron chi connectivity index (χ3n) is 3.33. The predicted octanol–water partition coefficient (Wildman–Crippen LogP) is 4.72. The molecule has 2 aromatic rings. The summed E-state index contributed by atoms with van der Waals surface area (Å²) in [5.74, 6) is 0.171. The van der Waals surface area contributed by atoms with Gasteiger partial charge in [0.1, 0.15) is 17.4 Å². The van der Waals surface area contributed by atoms with Gasteiger partial charge in [0.15, 0.2) is 0 Å². The van der Waals surface area contributed by atoms with Crippen molar-refractivity contribution < 1.29 is 18.3 Å². The third-order valence-corrected chi connectivity index (χ3v) is 4.38. The summed E-state index contributed by atoms with van der Waals surface area (Å²) in [6, 6.07) is 9.03. The summed E-state index contributed by atoms with van der Waals surface area (Å²) >= 11 is 1.42. The van der Waals surface area contributed by atoms with Crippen molar-refractivity contribution in [3.63, 3.8) is 0 Å². The second kappa shape index (κ2) is 9.42. The van der Waals surface area contributed by atoms with Gasteiger partial charge in [0.05, 0.1) is 18.0 Å². The highest BCUT2D eigenvalue weighted by Gasteiger charge is 2.08. The summed E-state index contributed by atoms with van der Waals surface area (Å²) in [5, 5.41) is 2.37. The average Bonchev–Trinajstić information content (AvgIpc) is 2.53. The van der Waals surface area contributed by atoms with E-state index in [0.717, 1.165) is 47.2 Å². The molecule has 0 unspecified atom stereocenters. The summed E-state index contributed by atoms with van der Waals surface area (Å²) in [6.45, 7) is 4.61. The van der Waals surface area contributed by atoms with E-state index in [4.69, 9.17) is 4.74 Å². The Labute approximate surface area is 150 Å². The summed E-state index contributed by atoms with van der Waals surface area (Å²) < 4.78 is 32.2. The molecule has 0 aliphatic heterocycles. The topological polar surface area (TPSA) is 38.3 Å². The van der Waals surface area contributed by atoms with Crippen LogP contribution in [0.1, 0.15) is 17.5 Å². The molecule has 0 saturated heterocycles. The SMILES string of the molecule is Cc1cc(C)cc(OCCCSCC(=O)Nc2cc(F)ccc2F)c1. The van der Waals surface area contributed by atoms with E-state index in [1.807, 2.05) is 26.0 Å². The number of halogens is 2. The summed E-state index contributed by atoms with van der Waals surface area (Å²) in [7, 11) is 0. The second-order valence-electron chi connectivity index (χ2n) is 5.75. The monoisotopic (exact) mass is 365 g/mol. The molecule has 0 heterocycles. The van der Waals surface area contributed by atoms with Crippen LogP contribution in [0.3, 0.4) is 0 Å². The van der Waals surface area contributed by atoms with Gasteiger partial charge in [0.25, 0.3) is 0 Å². The minimum absolute atomic E-state index is 0.135. The van der Waals surface area contributed by atoms with Crippen LogP contribution in [0, 0.1) is 25.5 Å². The second-order valence-corrected chi connectivity index (χ2v) is 6.86. The van der Waals surface area contributed by atoms with Crippen LogP contribution in [0.5, 0.6) is 5.75 Å². The Morgan fingerprint density at radius 1 is 1.12 bits per heavy atom.